The second-order valence-electron chi connectivity index (χ2n) is 6.25. The molecule has 2 heterocycles. The van der Waals surface area contributed by atoms with Gasteiger partial charge < -0.3 is 10.1 Å². The molecule has 1 fully saturated rings. The molecule has 11 heteroatoms. The van der Waals surface area contributed by atoms with Gasteiger partial charge in [-0.05, 0) is 49.2 Å². The molecule has 0 saturated carbocycles. The van der Waals surface area contributed by atoms with Crippen LogP contribution in [0.1, 0.15) is 12.8 Å². The number of ether oxygens (including phenoxy) is 1. The molecular weight excluding hydrogens is 441 g/mol. The lowest BCUT2D eigenvalue weighted by atomic mass is 10.2. The number of halogens is 2. The van der Waals surface area contributed by atoms with E-state index in [1.165, 1.54) is 36.5 Å². The van der Waals surface area contributed by atoms with E-state index in [1.807, 2.05) is 0 Å². The molecule has 8 nitrogen and oxygen atoms in total. The first-order valence-electron chi connectivity index (χ1n) is 8.63. The van der Waals surface area contributed by atoms with E-state index < -0.39 is 34.5 Å². The summed E-state index contributed by atoms with van der Waals surface area (Å²) in [7, 11) is -3.89. The summed E-state index contributed by atoms with van der Waals surface area (Å²) >= 11 is 11.5. The highest BCUT2D eigenvalue weighted by Gasteiger charge is 2.40. The van der Waals surface area contributed by atoms with Crippen LogP contribution in [-0.2, 0) is 24.3 Å². The predicted molar refractivity (Wildman–Crippen MR) is 107 cm³/mol. The number of nitrogens with one attached hydrogen (secondary N) is 1. The van der Waals surface area contributed by atoms with Gasteiger partial charge in [0.05, 0.1) is 9.92 Å². The maximum absolute atomic E-state index is 12.8. The first kappa shape index (κ1) is 21.5. The molecule has 1 aromatic carbocycles. The molecule has 1 amide bonds. The van der Waals surface area contributed by atoms with Gasteiger partial charge in [0, 0.05) is 17.8 Å². The van der Waals surface area contributed by atoms with Crippen LogP contribution in [0.5, 0.6) is 0 Å². The lowest BCUT2D eigenvalue weighted by Crippen LogP contribution is -2.42. The zero-order valence-corrected chi connectivity index (χ0v) is 17.4. The number of pyridine rings is 1. The van der Waals surface area contributed by atoms with Gasteiger partial charge >= 0.3 is 5.97 Å². The Morgan fingerprint density at radius 1 is 1.14 bits per heavy atom. The van der Waals surface area contributed by atoms with E-state index in [0.717, 1.165) is 4.31 Å². The quantitative estimate of drug-likeness (QED) is 0.668. The van der Waals surface area contributed by atoms with Crippen LogP contribution in [0.4, 0.5) is 5.82 Å². The minimum Gasteiger partial charge on any atom is -0.454 e. The fraction of sp³-hybridized carbons (Fsp3) is 0.278. The van der Waals surface area contributed by atoms with Crippen LogP contribution >= 0.6 is 23.2 Å². The summed E-state index contributed by atoms with van der Waals surface area (Å²) in [5, 5.41) is 3.28. The van der Waals surface area contributed by atoms with E-state index >= 15 is 0 Å². The van der Waals surface area contributed by atoms with Crippen LogP contribution in [0.25, 0.3) is 0 Å². The second-order valence-corrected chi connectivity index (χ2v) is 9.01. The van der Waals surface area contributed by atoms with E-state index in [2.05, 4.69) is 10.3 Å². The van der Waals surface area contributed by atoms with Gasteiger partial charge in [-0.15, -0.1) is 0 Å². The fourth-order valence-corrected chi connectivity index (χ4v) is 4.75. The lowest BCUT2D eigenvalue weighted by molar-refractivity contribution is -0.150. The first-order valence-corrected chi connectivity index (χ1v) is 10.8. The number of carbonyl (C=O) groups excluding carboxylic acids is 2. The summed E-state index contributed by atoms with van der Waals surface area (Å²) in [4.78, 5) is 28.3. The number of benzene rings is 1. The van der Waals surface area contributed by atoms with Gasteiger partial charge in [-0.1, -0.05) is 23.2 Å². The molecule has 0 bridgehead atoms. The Labute approximate surface area is 177 Å². The minimum atomic E-state index is -3.89. The third-order valence-electron chi connectivity index (χ3n) is 4.24. The molecule has 0 radical (unpaired) electrons. The highest BCUT2D eigenvalue weighted by molar-refractivity contribution is 7.89. The highest BCUT2D eigenvalue weighted by atomic mass is 35.5. The smallest absolute Gasteiger partial charge is 0.324 e. The SMILES string of the molecule is O=C(COC(=O)C1CCCN1S(=O)(=O)c1ccc(Cl)cc1)Nc1ccc(Cl)cn1. The second kappa shape index (κ2) is 9.08. The van der Waals surface area contributed by atoms with Crippen LogP contribution in [0, 0.1) is 0 Å². The number of hydrogen-bond donors (Lipinski definition) is 1. The lowest BCUT2D eigenvalue weighted by Gasteiger charge is -2.22. The van der Waals surface area contributed by atoms with Crippen molar-refractivity contribution in [1.29, 1.82) is 0 Å². The summed E-state index contributed by atoms with van der Waals surface area (Å²) in [5.41, 5.74) is 0. The topological polar surface area (TPSA) is 106 Å². The van der Waals surface area contributed by atoms with Crippen LogP contribution < -0.4 is 5.32 Å². The van der Waals surface area contributed by atoms with E-state index in [9.17, 15) is 18.0 Å². The Morgan fingerprint density at radius 2 is 1.83 bits per heavy atom. The van der Waals surface area contributed by atoms with Crippen molar-refractivity contribution < 1.29 is 22.7 Å². The number of nitrogens with zero attached hydrogens (tertiary/aromatic N) is 2. The van der Waals surface area contributed by atoms with Crippen LogP contribution in [0.15, 0.2) is 47.5 Å². The zero-order chi connectivity index (χ0) is 21.0. The zero-order valence-electron chi connectivity index (χ0n) is 15.0. The van der Waals surface area contributed by atoms with E-state index in [4.69, 9.17) is 27.9 Å². The van der Waals surface area contributed by atoms with Gasteiger partial charge in [0.25, 0.3) is 5.91 Å². The number of carbonyl (C=O) groups is 2. The molecule has 0 aliphatic carbocycles. The maximum Gasteiger partial charge on any atom is 0.324 e. The van der Waals surface area contributed by atoms with Crippen molar-refractivity contribution in [2.24, 2.45) is 0 Å². The molecule has 0 spiro atoms. The van der Waals surface area contributed by atoms with Crippen LogP contribution in [0.3, 0.4) is 0 Å². The third kappa shape index (κ3) is 5.24. The molecule has 1 unspecified atom stereocenters. The van der Waals surface area contributed by atoms with Crippen molar-refractivity contribution in [2.45, 2.75) is 23.8 Å². The summed E-state index contributed by atoms with van der Waals surface area (Å²) < 4.78 is 31.8. The average Bonchev–Trinajstić information content (AvgIpc) is 3.19. The van der Waals surface area contributed by atoms with Gasteiger partial charge in [-0.25, -0.2) is 13.4 Å². The number of anilines is 1. The Kier molecular flexibility index (Phi) is 6.74. The maximum atomic E-state index is 12.8. The molecule has 1 atom stereocenters. The van der Waals surface area contributed by atoms with Crippen LogP contribution in [-0.4, -0.2) is 48.8 Å². The third-order valence-corrected chi connectivity index (χ3v) is 6.63. The number of aromatic nitrogens is 1. The van der Waals surface area contributed by atoms with Gasteiger partial charge in [-0.3, -0.25) is 9.59 Å². The van der Waals surface area contributed by atoms with E-state index in [0.29, 0.717) is 22.9 Å². The standard InChI is InChI=1S/C18H17Cl2N3O5S/c19-12-3-6-14(7-4-12)29(26,27)23-9-1-2-15(23)18(25)28-11-17(24)22-16-8-5-13(20)10-21-16/h3-8,10,15H,1-2,9,11H2,(H,21,22,24). The highest BCUT2D eigenvalue weighted by Crippen LogP contribution is 2.27. The summed E-state index contributed by atoms with van der Waals surface area (Å²) in [6, 6.07) is 7.75. The minimum absolute atomic E-state index is 0.0353. The van der Waals surface area contributed by atoms with E-state index in [-0.39, 0.29) is 17.3 Å². The summed E-state index contributed by atoms with van der Waals surface area (Å²) in [6.45, 7) is -0.375. The van der Waals surface area contributed by atoms with E-state index in [1.54, 1.807) is 6.07 Å². The van der Waals surface area contributed by atoms with Gasteiger partial charge in [0.15, 0.2) is 6.61 Å². The monoisotopic (exact) mass is 457 g/mol. The summed E-state index contributed by atoms with van der Waals surface area (Å²) in [6.07, 6.45) is 2.18. The molecule has 1 aromatic heterocycles. The molecule has 1 aliphatic heterocycles. The molecule has 2 aromatic rings. The van der Waals surface area contributed by atoms with Crippen molar-refractivity contribution in [1.82, 2.24) is 9.29 Å². The Balaban J connectivity index is 1.61. The number of amides is 1. The number of rotatable bonds is 6. The number of sulfonamides is 1. The molecule has 3 rings (SSSR count). The molecular formula is C18H17Cl2N3O5S. The Bertz CT molecular complexity index is 997. The molecule has 1 N–H and O–H groups in total. The van der Waals surface area contributed by atoms with Gasteiger partial charge in [0.2, 0.25) is 10.0 Å². The molecule has 1 aliphatic rings. The van der Waals surface area contributed by atoms with Crippen molar-refractivity contribution in [3.05, 3.63) is 52.6 Å². The molecule has 154 valence electrons. The van der Waals surface area contributed by atoms with Gasteiger partial charge in [-0.2, -0.15) is 4.31 Å². The van der Waals surface area contributed by atoms with Crippen molar-refractivity contribution in [3.8, 4) is 0 Å². The van der Waals surface area contributed by atoms with Gasteiger partial charge in [0.1, 0.15) is 11.9 Å². The normalized spacial score (nSPS) is 17.1. The Hall–Kier alpha value is -2.20. The molecule has 1 saturated heterocycles. The van der Waals surface area contributed by atoms with Crippen molar-refractivity contribution in [3.63, 3.8) is 0 Å². The molecule has 29 heavy (non-hydrogen) atoms. The summed E-state index contributed by atoms with van der Waals surface area (Å²) in [5.74, 6) is -1.12. The Morgan fingerprint density at radius 3 is 2.48 bits per heavy atom. The fourth-order valence-electron chi connectivity index (χ4n) is 2.87. The van der Waals surface area contributed by atoms with Crippen LogP contribution in [0.2, 0.25) is 10.0 Å². The average molecular weight is 458 g/mol. The first-order chi connectivity index (χ1) is 13.8. The van der Waals surface area contributed by atoms with Crippen molar-refractivity contribution >= 4 is 50.9 Å². The number of esters is 1. The predicted octanol–water partition coefficient (Wildman–Crippen LogP) is 2.72. The number of hydrogen-bond acceptors (Lipinski definition) is 6. The van der Waals surface area contributed by atoms with Crippen molar-refractivity contribution in [2.75, 3.05) is 18.5 Å². The largest absolute Gasteiger partial charge is 0.454 e.